The topological polar surface area (TPSA) is 46.6 Å². The summed E-state index contributed by atoms with van der Waals surface area (Å²) in [5.74, 6) is 7.03. The average Bonchev–Trinajstić information content (AvgIpc) is 3.52. The fourth-order valence-corrected chi connectivity index (χ4v) is 5.30. The van der Waals surface area contributed by atoms with E-state index in [0.29, 0.717) is 31.0 Å². The highest BCUT2D eigenvalue weighted by atomic mass is 16.5. The molecule has 3 aromatic carbocycles. The average molecular weight is 536 g/mol. The van der Waals surface area contributed by atoms with Crippen LogP contribution >= 0.6 is 0 Å². The maximum absolute atomic E-state index is 13.4. The van der Waals surface area contributed by atoms with E-state index >= 15 is 0 Å². The summed E-state index contributed by atoms with van der Waals surface area (Å²) in [4.78, 5) is 27.1. The maximum atomic E-state index is 13.4. The van der Waals surface area contributed by atoms with Crippen LogP contribution in [-0.2, 0) is 29.0 Å². The summed E-state index contributed by atoms with van der Waals surface area (Å²) in [5, 5.41) is 0. The SMILES string of the molecule is CCCCc1ccc(C#Cc2ccc(CN(Cc3ccc(C(=O)OC)cc3)C(=O)CCC3CCCC3)cc2)cc1. The normalized spacial score (nSPS) is 12.9. The molecular formula is C36H41NO3. The molecule has 3 aromatic rings. The highest BCUT2D eigenvalue weighted by Crippen LogP contribution is 2.29. The van der Waals surface area contributed by atoms with E-state index in [-0.39, 0.29) is 11.9 Å². The number of ether oxygens (including phenoxy) is 1. The number of rotatable bonds is 11. The fourth-order valence-electron chi connectivity index (χ4n) is 5.30. The van der Waals surface area contributed by atoms with Gasteiger partial charge in [0.05, 0.1) is 12.7 Å². The molecule has 1 amide bonds. The molecule has 0 heterocycles. The Morgan fingerprint density at radius 2 is 1.32 bits per heavy atom. The van der Waals surface area contributed by atoms with Crippen LogP contribution in [0.25, 0.3) is 0 Å². The molecule has 0 N–H and O–H groups in total. The number of amides is 1. The van der Waals surface area contributed by atoms with Crippen molar-refractivity contribution in [3.63, 3.8) is 0 Å². The molecule has 0 unspecified atom stereocenters. The van der Waals surface area contributed by atoms with E-state index in [9.17, 15) is 9.59 Å². The van der Waals surface area contributed by atoms with Gasteiger partial charge in [0.25, 0.3) is 0 Å². The number of nitrogens with zero attached hydrogens (tertiary/aromatic N) is 1. The van der Waals surface area contributed by atoms with Crippen LogP contribution in [0.2, 0.25) is 0 Å². The molecule has 4 heteroatoms. The Morgan fingerprint density at radius 1 is 0.800 bits per heavy atom. The Bertz CT molecular complexity index is 1290. The van der Waals surface area contributed by atoms with Crippen LogP contribution < -0.4 is 0 Å². The Morgan fingerprint density at radius 3 is 1.85 bits per heavy atom. The molecule has 0 aliphatic heterocycles. The van der Waals surface area contributed by atoms with E-state index in [1.165, 1.54) is 51.2 Å². The van der Waals surface area contributed by atoms with Crippen molar-refractivity contribution in [2.45, 2.75) is 77.8 Å². The second-order valence-electron chi connectivity index (χ2n) is 10.9. The maximum Gasteiger partial charge on any atom is 0.337 e. The van der Waals surface area contributed by atoms with Crippen LogP contribution in [0, 0.1) is 17.8 Å². The zero-order chi connectivity index (χ0) is 28.2. The predicted octanol–water partition coefficient (Wildman–Crippen LogP) is 7.71. The van der Waals surface area contributed by atoms with E-state index in [0.717, 1.165) is 35.1 Å². The molecule has 1 aliphatic rings. The molecule has 1 aliphatic carbocycles. The quantitative estimate of drug-likeness (QED) is 0.187. The molecule has 4 rings (SSSR count). The molecule has 0 bridgehead atoms. The molecule has 0 aromatic heterocycles. The number of unbranched alkanes of at least 4 members (excludes halogenated alkanes) is 1. The van der Waals surface area contributed by atoms with Gasteiger partial charge in [0, 0.05) is 30.6 Å². The Balaban J connectivity index is 1.41. The Hall–Kier alpha value is -3.84. The minimum Gasteiger partial charge on any atom is -0.465 e. The number of methoxy groups -OCH3 is 1. The van der Waals surface area contributed by atoms with Gasteiger partial charge in [-0.25, -0.2) is 4.79 Å². The number of esters is 1. The number of benzene rings is 3. The van der Waals surface area contributed by atoms with Gasteiger partial charge in [-0.05, 0) is 78.3 Å². The van der Waals surface area contributed by atoms with Crippen molar-refractivity contribution in [3.8, 4) is 11.8 Å². The summed E-state index contributed by atoms with van der Waals surface area (Å²) in [7, 11) is 1.38. The van der Waals surface area contributed by atoms with Crippen molar-refractivity contribution < 1.29 is 14.3 Å². The third kappa shape index (κ3) is 8.85. The van der Waals surface area contributed by atoms with E-state index in [1.54, 1.807) is 12.1 Å². The van der Waals surface area contributed by atoms with Crippen LogP contribution in [-0.4, -0.2) is 23.9 Å². The molecule has 0 atom stereocenters. The lowest BCUT2D eigenvalue weighted by atomic mass is 10.0. The summed E-state index contributed by atoms with van der Waals surface area (Å²) < 4.78 is 4.81. The number of carbonyl (C=O) groups excluding carboxylic acids is 2. The van der Waals surface area contributed by atoms with Crippen molar-refractivity contribution in [1.29, 1.82) is 0 Å². The zero-order valence-corrected chi connectivity index (χ0v) is 24.0. The van der Waals surface area contributed by atoms with Crippen LogP contribution in [0.3, 0.4) is 0 Å². The highest BCUT2D eigenvalue weighted by Gasteiger charge is 2.20. The van der Waals surface area contributed by atoms with Gasteiger partial charge in [0.2, 0.25) is 5.91 Å². The number of aryl methyl sites for hydroxylation is 1. The van der Waals surface area contributed by atoms with Gasteiger partial charge in [0.15, 0.2) is 0 Å². The van der Waals surface area contributed by atoms with Gasteiger partial charge < -0.3 is 9.64 Å². The van der Waals surface area contributed by atoms with Crippen molar-refractivity contribution >= 4 is 11.9 Å². The van der Waals surface area contributed by atoms with E-state index in [1.807, 2.05) is 29.2 Å². The van der Waals surface area contributed by atoms with Crippen molar-refractivity contribution in [1.82, 2.24) is 4.90 Å². The van der Waals surface area contributed by atoms with E-state index < -0.39 is 0 Å². The molecule has 1 fully saturated rings. The molecule has 4 nitrogen and oxygen atoms in total. The second kappa shape index (κ2) is 15.1. The van der Waals surface area contributed by atoms with Gasteiger partial charge >= 0.3 is 5.97 Å². The largest absolute Gasteiger partial charge is 0.465 e. The zero-order valence-electron chi connectivity index (χ0n) is 24.0. The number of hydrogen-bond donors (Lipinski definition) is 0. The van der Waals surface area contributed by atoms with Crippen molar-refractivity contribution in [3.05, 3.63) is 106 Å². The van der Waals surface area contributed by atoms with Crippen LogP contribution in [0.15, 0.2) is 72.8 Å². The van der Waals surface area contributed by atoms with Crippen LogP contribution in [0.4, 0.5) is 0 Å². The molecule has 0 spiro atoms. The monoisotopic (exact) mass is 535 g/mol. The summed E-state index contributed by atoms with van der Waals surface area (Å²) >= 11 is 0. The highest BCUT2D eigenvalue weighted by molar-refractivity contribution is 5.89. The molecule has 40 heavy (non-hydrogen) atoms. The standard InChI is InChI=1S/C36H41NO3/c1-3-4-7-29-10-12-30(13-11-29)14-15-31-16-18-32(19-17-31)26-37(35(38)25-22-28-8-5-6-9-28)27-33-20-23-34(24-21-33)36(39)40-2/h10-13,16-21,23-24,28H,3-9,22,25-27H2,1-2H3. The summed E-state index contributed by atoms with van der Waals surface area (Å²) in [6, 6.07) is 24.0. The lowest BCUT2D eigenvalue weighted by Crippen LogP contribution is -2.30. The van der Waals surface area contributed by atoms with E-state index in [4.69, 9.17) is 4.74 Å². The Labute approximate surface area is 239 Å². The number of hydrogen-bond acceptors (Lipinski definition) is 3. The third-order valence-electron chi connectivity index (χ3n) is 7.79. The number of carbonyl (C=O) groups is 2. The first-order valence-corrected chi connectivity index (χ1v) is 14.7. The summed E-state index contributed by atoms with van der Waals surface area (Å²) in [5.41, 5.74) is 5.90. The molecular weight excluding hydrogens is 494 g/mol. The molecule has 1 saturated carbocycles. The summed E-state index contributed by atoms with van der Waals surface area (Å²) in [6.07, 6.45) is 10.1. The van der Waals surface area contributed by atoms with Crippen LogP contribution in [0.5, 0.6) is 0 Å². The second-order valence-corrected chi connectivity index (χ2v) is 10.9. The van der Waals surface area contributed by atoms with Gasteiger partial charge in [-0.2, -0.15) is 0 Å². The lowest BCUT2D eigenvalue weighted by Gasteiger charge is -2.24. The van der Waals surface area contributed by atoms with Crippen molar-refractivity contribution in [2.75, 3.05) is 7.11 Å². The fraction of sp³-hybridized carbons (Fsp3) is 0.389. The summed E-state index contributed by atoms with van der Waals surface area (Å²) in [6.45, 7) is 3.25. The van der Waals surface area contributed by atoms with Gasteiger partial charge in [-0.3, -0.25) is 4.79 Å². The molecule has 0 saturated heterocycles. The first-order valence-electron chi connectivity index (χ1n) is 14.7. The van der Waals surface area contributed by atoms with Crippen LogP contribution in [0.1, 0.15) is 96.5 Å². The van der Waals surface area contributed by atoms with Gasteiger partial charge in [0.1, 0.15) is 0 Å². The first kappa shape index (κ1) is 29.2. The van der Waals surface area contributed by atoms with Crippen molar-refractivity contribution in [2.24, 2.45) is 5.92 Å². The van der Waals surface area contributed by atoms with Gasteiger partial charge in [-0.15, -0.1) is 0 Å². The minimum absolute atomic E-state index is 0.176. The first-order chi connectivity index (χ1) is 19.5. The minimum atomic E-state index is -0.358. The molecule has 208 valence electrons. The third-order valence-corrected chi connectivity index (χ3v) is 7.79. The smallest absolute Gasteiger partial charge is 0.337 e. The Kier molecular flexibility index (Phi) is 11.0. The van der Waals surface area contributed by atoms with E-state index in [2.05, 4.69) is 55.2 Å². The lowest BCUT2D eigenvalue weighted by molar-refractivity contribution is -0.132. The molecule has 0 radical (unpaired) electrons. The predicted molar refractivity (Wildman–Crippen MR) is 161 cm³/mol. The van der Waals surface area contributed by atoms with Gasteiger partial charge in [-0.1, -0.05) is 87.3 Å².